The maximum absolute atomic E-state index is 5.30. The molecule has 1 rings (SSSR count). The van der Waals surface area contributed by atoms with Crippen LogP contribution in [0.5, 0.6) is 5.88 Å². The van der Waals surface area contributed by atoms with Crippen molar-refractivity contribution in [3.8, 4) is 5.88 Å². The monoisotopic (exact) mass is 227 g/mol. The first-order chi connectivity index (χ1) is 5.83. The van der Waals surface area contributed by atoms with Gasteiger partial charge in [0, 0.05) is 16.7 Å². The molecule has 1 heterocycles. The molecule has 1 aromatic heterocycles. The summed E-state index contributed by atoms with van der Waals surface area (Å²) in [6, 6.07) is 3.73. The number of nitrogens with zero attached hydrogens (tertiary/aromatic N) is 1. The quantitative estimate of drug-likeness (QED) is 0.583. The summed E-state index contributed by atoms with van der Waals surface area (Å²) in [4.78, 5) is 4.05. The number of hydrogen-bond acceptors (Lipinski definition) is 2. The highest BCUT2D eigenvalue weighted by Gasteiger charge is 1.92. The molecule has 64 valence electrons. The topological polar surface area (TPSA) is 22.1 Å². The maximum atomic E-state index is 5.30. The van der Waals surface area contributed by atoms with Crippen LogP contribution in [0.1, 0.15) is 6.42 Å². The summed E-state index contributed by atoms with van der Waals surface area (Å²) in [6.07, 6.45) is 4.37. The number of rotatable bonds is 4. The Balaban J connectivity index is 2.42. The fraction of sp³-hybridized carbons (Fsp3) is 0.222. The highest BCUT2D eigenvalue weighted by Crippen LogP contribution is 2.12. The molecule has 0 unspecified atom stereocenters. The van der Waals surface area contributed by atoms with Crippen molar-refractivity contribution in [2.75, 3.05) is 6.61 Å². The van der Waals surface area contributed by atoms with E-state index in [0.29, 0.717) is 12.5 Å². The Hall–Kier alpha value is -0.830. The molecule has 2 nitrogen and oxygen atoms in total. The lowest BCUT2D eigenvalue weighted by atomic mass is 10.4. The van der Waals surface area contributed by atoms with Crippen LogP contribution in [-0.2, 0) is 0 Å². The van der Waals surface area contributed by atoms with E-state index in [4.69, 9.17) is 4.74 Å². The fourth-order valence-corrected chi connectivity index (χ4v) is 0.929. The molecule has 0 N–H and O–H groups in total. The van der Waals surface area contributed by atoms with Gasteiger partial charge in [0.05, 0.1) is 6.61 Å². The maximum Gasteiger partial charge on any atom is 0.213 e. The van der Waals surface area contributed by atoms with E-state index in [0.717, 1.165) is 10.9 Å². The molecular formula is C9H10BrNO. The van der Waals surface area contributed by atoms with E-state index in [1.165, 1.54) is 0 Å². The van der Waals surface area contributed by atoms with Crippen molar-refractivity contribution in [1.29, 1.82) is 0 Å². The fourth-order valence-electron chi connectivity index (χ4n) is 0.694. The van der Waals surface area contributed by atoms with Crippen LogP contribution in [0.4, 0.5) is 0 Å². The van der Waals surface area contributed by atoms with Crippen molar-refractivity contribution in [2.24, 2.45) is 0 Å². The first kappa shape index (κ1) is 9.26. The summed E-state index contributed by atoms with van der Waals surface area (Å²) in [5.41, 5.74) is 0. The Morgan fingerprint density at radius 1 is 1.58 bits per heavy atom. The van der Waals surface area contributed by atoms with Crippen LogP contribution in [0.2, 0.25) is 0 Å². The third-order valence-corrected chi connectivity index (χ3v) is 1.74. The summed E-state index contributed by atoms with van der Waals surface area (Å²) in [6.45, 7) is 4.24. The van der Waals surface area contributed by atoms with Crippen molar-refractivity contribution in [3.63, 3.8) is 0 Å². The normalized spacial score (nSPS) is 9.42. The molecule has 12 heavy (non-hydrogen) atoms. The largest absolute Gasteiger partial charge is 0.477 e. The number of ether oxygens (including phenoxy) is 1. The third kappa shape index (κ3) is 3.05. The second kappa shape index (κ2) is 4.93. The predicted octanol–water partition coefficient (Wildman–Crippen LogP) is 2.80. The molecule has 0 radical (unpaired) electrons. The highest BCUT2D eigenvalue weighted by molar-refractivity contribution is 9.10. The van der Waals surface area contributed by atoms with E-state index >= 15 is 0 Å². The minimum atomic E-state index is 0.637. The molecule has 0 saturated carbocycles. The van der Waals surface area contributed by atoms with Gasteiger partial charge >= 0.3 is 0 Å². The molecule has 0 fully saturated rings. The predicted molar refractivity (Wildman–Crippen MR) is 52.2 cm³/mol. The van der Waals surface area contributed by atoms with Crippen molar-refractivity contribution in [2.45, 2.75) is 6.42 Å². The van der Waals surface area contributed by atoms with Crippen LogP contribution < -0.4 is 4.74 Å². The summed E-state index contributed by atoms with van der Waals surface area (Å²) in [7, 11) is 0. The van der Waals surface area contributed by atoms with Crippen molar-refractivity contribution >= 4 is 15.9 Å². The minimum Gasteiger partial charge on any atom is -0.477 e. The van der Waals surface area contributed by atoms with Gasteiger partial charge in [0.2, 0.25) is 5.88 Å². The van der Waals surface area contributed by atoms with Gasteiger partial charge in [0.1, 0.15) is 0 Å². The molecule has 0 aromatic carbocycles. The molecule has 0 aliphatic rings. The summed E-state index contributed by atoms with van der Waals surface area (Å²) in [5.74, 6) is 0.653. The van der Waals surface area contributed by atoms with Gasteiger partial charge in [-0.05, 0) is 28.4 Å². The molecule has 0 saturated heterocycles. The number of aromatic nitrogens is 1. The Morgan fingerprint density at radius 3 is 3.00 bits per heavy atom. The first-order valence-electron chi connectivity index (χ1n) is 3.68. The van der Waals surface area contributed by atoms with Gasteiger partial charge in [-0.25, -0.2) is 4.98 Å². The molecular weight excluding hydrogens is 218 g/mol. The Bertz CT molecular complexity index is 245. The van der Waals surface area contributed by atoms with Crippen molar-refractivity contribution in [1.82, 2.24) is 4.98 Å². The lowest BCUT2D eigenvalue weighted by Crippen LogP contribution is -1.96. The SMILES string of the molecule is C=CCCOc1ccc(Br)cn1. The second-order valence-corrected chi connectivity index (χ2v) is 3.16. The lowest BCUT2D eigenvalue weighted by Gasteiger charge is -2.01. The van der Waals surface area contributed by atoms with Gasteiger partial charge in [-0.1, -0.05) is 6.08 Å². The molecule has 0 atom stereocenters. The lowest BCUT2D eigenvalue weighted by molar-refractivity contribution is 0.312. The first-order valence-corrected chi connectivity index (χ1v) is 4.47. The summed E-state index contributed by atoms with van der Waals surface area (Å²) in [5, 5.41) is 0. The second-order valence-electron chi connectivity index (χ2n) is 2.24. The zero-order valence-corrected chi connectivity index (χ0v) is 8.25. The van der Waals surface area contributed by atoms with Crippen molar-refractivity contribution in [3.05, 3.63) is 35.5 Å². The molecule has 0 amide bonds. The molecule has 0 spiro atoms. The van der Waals surface area contributed by atoms with E-state index < -0.39 is 0 Å². The average molecular weight is 228 g/mol. The van der Waals surface area contributed by atoms with Crippen LogP contribution in [0.25, 0.3) is 0 Å². The summed E-state index contributed by atoms with van der Waals surface area (Å²) >= 11 is 3.29. The Morgan fingerprint density at radius 2 is 2.42 bits per heavy atom. The van der Waals surface area contributed by atoms with Crippen LogP contribution >= 0.6 is 15.9 Å². The van der Waals surface area contributed by atoms with E-state index in [2.05, 4.69) is 27.5 Å². The van der Waals surface area contributed by atoms with Gasteiger partial charge in [-0.15, -0.1) is 6.58 Å². The number of hydrogen-bond donors (Lipinski definition) is 0. The Labute approximate surface area is 80.4 Å². The standard InChI is InChI=1S/C9H10BrNO/c1-2-3-6-12-9-5-4-8(10)7-11-9/h2,4-5,7H,1,3,6H2. The zero-order valence-electron chi connectivity index (χ0n) is 6.66. The van der Waals surface area contributed by atoms with Gasteiger partial charge in [0.25, 0.3) is 0 Å². The summed E-state index contributed by atoms with van der Waals surface area (Å²) < 4.78 is 6.26. The average Bonchev–Trinajstić information content (AvgIpc) is 2.09. The third-order valence-electron chi connectivity index (χ3n) is 1.27. The van der Waals surface area contributed by atoms with E-state index in [1.54, 1.807) is 6.20 Å². The molecule has 0 aliphatic carbocycles. The smallest absolute Gasteiger partial charge is 0.213 e. The molecule has 1 aromatic rings. The Kier molecular flexibility index (Phi) is 3.80. The highest BCUT2D eigenvalue weighted by atomic mass is 79.9. The van der Waals surface area contributed by atoms with Gasteiger partial charge < -0.3 is 4.74 Å². The van der Waals surface area contributed by atoms with Crippen LogP contribution in [0.15, 0.2) is 35.5 Å². The van der Waals surface area contributed by atoms with Crippen LogP contribution in [-0.4, -0.2) is 11.6 Å². The van der Waals surface area contributed by atoms with Crippen LogP contribution in [0.3, 0.4) is 0 Å². The number of pyridine rings is 1. The van der Waals surface area contributed by atoms with Gasteiger partial charge in [-0.2, -0.15) is 0 Å². The molecule has 0 aliphatic heterocycles. The molecule has 0 bridgehead atoms. The minimum absolute atomic E-state index is 0.637. The van der Waals surface area contributed by atoms with Crippen LogP contribution in [0, 0.1) is 0 Å². The van der Waals surface area contributed by atoms with Gasteiger partial charge in [-0.3, -0.25) is 0 Å². The van der Waals surface area contributed by atoms with E-state index in [1.807, 2.05) is 18.2 Å². The van der Waals surface area contributed by atoms with E-state index in [-0.39, 0.29) is 0 Å². The van der Waals surface area contributed by atoms with Crippen molar-refractivity contribution < 1.29 is 4.74 Å². The number of halogens is 1. The van der Waals surface area contributed by atoms with Gasteiger partial charge in [0.15, 0.2) is 0 Å². The zero-order chi connectivity index (χ0) is 8.81. The molecule has 3 heteroatoms. The van der Waals surface area contributed by atoms with E-state index in [9.17, 15) is 0 Å².